The van der Waals surface area contributed by atoms with E-state index in [1.54, 1.807) is 24.5 Å². The lowest BCUT2D eigenvalue weighted by Gasteiger charge is -2.01. The highest BCUT2D eigenvalue weighted by Crippen LogP contribution is 2.35. The van der Waals surface area contributed by atoms with Crippen molar-refractivity contribution in [3.63, 3.8) is 0 Å². The van der Waals surface area contributed by atoms with Gasteiger partial charge in [0.1, 0.15) is 29.1 Å². The molecule has 5 nitrogen and oxygen atoms in total. The summed E-state index contributed by atoms with van der Waals surface area (Å²) in [5.41, 5.74) is 5.72. The van der Waals surface area contributed by atoms with Crippen LogP contribution in [-0.4, -0.2) is 9.97 Å². The summed E-state index contributed by atoms with van der Waals surface area (Å²) in [4.78, 5) is 11.4. The smallest absolute Gasteiger partial charge is 0.270 e. The second kappa shape index (κ2) is 6.60. The van der Waals surface area contributed by atoms with Gasteiger partial charge in [-0.2, -0.15) is 5.26 Å². The van der Waals surface area contributed by atoms with Gasteiger partial charge in [-0.25, -0.2) is 4.98 Å². The molecule has 3 aromatic heterocycles. The van der Waals surface area contributed by atoms with E-state index in [1.165, 1.54) is 0 Å². The van der Waals surface area contributed by atoms with E-state index < -0.39 is 0 Å². The van der Waals surface area contributed by atoms with Crippen molar-refractivity contribution in [2.45, 2.75) is 0 Å². The quantitative estimate of drug-likeness (QED) is 0.349. The van der Waals surface area contributed by atoms with Gasteiger partial charge >= 0.3 is 0 Å². The van der Waals surface area contributed by atoms with E-state index in [4.69, 9.17) is 16.3 Å². The van der Waals surface area contributed by atoms with Crippen LogP contribution in [0, 0.1) is 17.9 Å². The molecule has 0 aliphatic carbocycles. The topological polar surface area (TPSA) is 67.1 Å². The van der Waals surface area contributed by atoms with Gasteiger partial charge in [-0.3, -0.25) is 0 Å². The number of hydrogen-bond donors (Lipinski definition) is 0. The van der Waals surface area contributed by atoms with Crippen molar-refractivity contribution >= 4 is 27.8 Å². The third kappa shape index (κ3) is 2.88. The highest BCUT2D eigenvalue weighted by Gasteiger charge is 2.11. The first-order valence-corrected chi connectivity index (χ1v) is 8.92. The highest BCUT2D eigenvalue weighted by atomic mass is 16.3. The zero-order valence-electron chi connectivity index (χ0n) is 15.1. The lowest BCUT2D eigenvalue weighted by molar-refractivity contribution is 0.669. The Bertz CT molecular complexity index is 1370. The molecule has 0 radical (unpaired) electrons. The monoisotopic (exact) mass is 372 g/mol. The van der Waals surface area contributed by atoms with Crippen molar-refractivity contribution in [2.75, 3.05) is 0 Å². The molecule has 5 rings (SSSR count). The van der Waals surface area contributed by atoms with E-state index in [-0.39, 0.29) is 0 Å². The Kier molecular flexibility index (Phi) is 3.79. The summed E-state index contributed by atoms with van der Waals surface area (Å²) in [5.74, 6) is 0.367. The zero-order valence-corrected chi connectivity index (χ0v) is 15.1. The van der Waals surface area contributed by atoms with Gasteiger partial charge in [-0.05, 0) is 70.8 Å². The molecule has 0 saturated heterocycles. The Morgan fingerprint density at radius 3 is 1.97 bits per heavy atom. The van der Waals surface area contributed by atoms with Crippen molar-refractivity contribution in [1.82, 2.24) is 9.97 Å². The Hall–Kier alpha value is -4.48. The summed E-state index contributed by atoms with van der Waals surface area (Å²) in [5, 5.41) is 11.1. The minimum atomic E-state index is 0.367. The van der Waals surface area contributed by atoms with Gasteiger partial charge in [0, 0.05) is 17.0 Å². The fraction of sp³-hybridized carbons (Fsp3) is 0. The second-order valence-electron chi connectivity index (χ2n) is 6.58. The molecule has 0 saturated carbocycles. The van der Waals surface area contributed by atoms with Crippen LogP contribution < -0.4 is 0 Å². The molecule has 0 N–H and O–H groups in total. The summed E-state index contributed by atoms with van der Waals surface area (Å²) in [6, 6.07) is 21.4. The molecule has 134 valence electrons. The Balaban J connectivity index is 1.63. The van der Waals surface area contributed by atoms with Crippen molar-refractivity contribution in [1.29, 1.82) is 5.26 Å². The molecule has 0 aliphatic rings. The SMILES string of the molecule is [C-]#[N+]c1cc(-c2ccc3c(c2)oc2cc(-c4ccnc(C#N)c4)ccc23)ccn1. The molecule has 0 aliphatic heterocycles. The first-order valence-electron chi connectivity index (χ1n) is 8.92. The van der Waals surface area contributed by atoms with E-state index in [9.17, 15) is 0 Å². The van der Waals surface area contributed by atoms with Crippen LogP contribution >= 0.6 is 0 Å². The Morgan fingerprint density at radius 2 is 1.34 bits per heavy atom. The number of fused-ring (bicyclic) bond motifs is 3. The van der Waals surface area contributed by atoms with Crippen molar-refractivity contribution in [2.24, 2.45) is 0 Å². The summed E-state index contributed by atoms with van der Waals surface area (Å²) < 4.78 is 6.13. The van der Waals surface area contributed by atoms with Crippen molar-refractivity contribution in [3.05, 3.63) is 90.2 Å². The molecule has 3 heterocycles. The number of benzene rings is 2. The number of nitrogens with zero attached hydrogens (tertiary/aromatic N) is 4. The normalized spacial score (nSPS) is 10.7. The maximum atomic E-state index is 9.08. The standard InChI is InChI=1S/C24H12N4O/c1-26-24-13-18(7-9-28-24)16-3-5-21-20-4-2-15(11-22(20)29-23(21)12-16)17-6-8-27-19(10-17)14-25/h2-13H. The molecule has 0 fully saturated rings. The molecule has 0 spiro atoms. The predicted octanol–water partition coefficient (Wildman–Crippen LogP) is 6.13. The van der Waals surface area contributed by atoms with Gasteiger partial charge in [0.25, 0.3) is 5.82 Å². The van der Waals surface area contributed by atoms with E-state index in [2.05, 4.69) is 20.9 Å². The van der Waals surface area contributed by atoms with Crippen LogP contribution in [0.15, 0.2) is 77.5 Å². The minimum Gasteiger partial charge on any atom is -0.456 e. The van der Waals surface area contributed by atoms with Crippen LogP contribution in [0.25, 0.3) is 49.0 Å². The molecule has 0 bridgehead atoms. The molecule has 0 amide bonds. The summed E-state index contributed by atoms with van der Waals surface area (Å²) in [6.07, 6.45) is 3.27. The molecule has 2 aromatic carbocycles. The maximum Gasteiger partial charge on any atom is 0.270 e. The van der Waals surface area contributed by atoms with Gasteiger partial charge in [-0.1, -0.05) is 18.7 Å². The second-order valence-corrected chi connectivity index (χ2v) is 6.58. The third-order valence-corrected chi connectivity index (χ3v) is 4.87. The van der Waals surface area contributed by atoms with Gasteiger partial charge in [0.2, 0.25) is 0 Å². The van der Waals surface area contributed by atoms with Gasteiger partial charge in [-0.15, -0.1) is 4.98 Å². The number of rotatable bonds is 2. The molecule has 5 aromatic rings. The molecule has 0 unspecified atom stereocenters. The van der Waals surface area contributed by atoms with E-state index in [0.717, 1.165) is 44.2 Å². The summed E-state index contributed by atoms with van der Waals surface area (Å²) in [6.45, 7) is 7.15. The van der Waals surface area contributed by atoms with Gasteiger partial charge in [0.05, 0.1) is 0 Å². The van der Waals surface area contributed by atoms with Crippen LogP contribution in [0.1, 0.15) is 5.69 Å². The number of nitriles is 1. The molecular formula is C24H12N4O. The maximum absolute atomic E-state index is 9.08. The van der Waals surface area contributed by atoms with Crippen LogP contribution in [0.3, 0.4) is 0 Å². The fourth-order valence-electron chi connectivity index (χ4n) is 3.47. The number of hydrogen-bond acceptors (Lipinski definition) is 4. The van der Waals surface area contributed by atoms with Crippen LogP contribution in [-0.2, 0) is 0 Å². The number of furan rings is 1. The average Bonchev–Trinajstić information content (AvgIpc) is 3.16. The van der Waals surface area contributed by atoms with Crippen molar-refractivity contribution in [3.8, 4) is 28.3 Å². The molecular weight excluding hydrogens is 360 g/mol. The number of aromatic nitrogens is 2. The Morgan fingerprint density at radius 1 is 0.759 bits per heavy atom. The zero-order chi connectivity index (χ0) is 19.8. The summed E-state index contributed by atoms with van der Waals surface area (Å²) in [7, 11) is 0. The van der Waals surface area contributed by atoms with Crippen LogP contribution in [0.4, 0.5) is 5.82 Å². The highest BCUT2D eigenvalue weighted by molar-refractivity contribution is 6.06. The van der Waals surface area contributed by atoms with Crippen LogP contribution in [0.2, 0.25) is 0 Å². The Labute approximate surface area is 166 Å². The number of pyridine rings is 2. The van der Waals surface area contributed by atoms with E-state index in [0.29, 0.717) is 11.5 Å². The van der Waals surface area contributed by atoms with Gasteiger partial charge < -0.3 is 9.26 Å². The lowest BCUT2D eigenvalue weighted by atomic mass is 10.0. The van der Waals surface area contributed by atoms with E-state index >= 15 is 0 Å². The van der Waals surface area contributed by atoms with E-state index in [1.807, 2.05) is 48.5 Å². The van der Waals surface area contributed by atoms with Crippen molar-refractivity contribution < 1.29 is 4.42 Å². The van der Waals surface area contributed by atoms with Gasteiger partial charge in [0.15, 0.2) is 0 Å². The fourth-order valence-corrected chi connectivity index (χ4v) is 3.47. The molecule has 29 heavy (non-hydrogen) atoms. The lowest BCUT2D eigenvalue weighted by Crippen LogP contribution is -1.83. The minimum absolute atomic E-state index is 0.367. The molecule has 5 heteroatoms. The largest absolute Gasteiger partial charge is 0.456 e. The van der Waals surface area contributed by atoms with Crippen LogP contribution in [0.5, 0.6) is 0 Å². The summed E-state index contributed by atoms with van der Waals surface area (Å²) >= 11 is 0. The third-order valence-electron chi connectivity index (χ3n) is 4.87. The average molecular weight is 372 g/mol. The first-order chi connectivity index (χ1) is 14.2. The predicted molar refractivity (Wildman–Crippen MR) is 111 cm³/mol. The molecule has 0 atom stereocenters. The first kappa shape index (κ1) is 16.7.